The molecule has 6 nitrogen and oxygen atoms in total. The van der Waals surface area contributed by atoms with Gasteiger partial charge in [0.15, 0.2) is 0 Å². The fraction of sp³-hybridized carbons (Fsp3) is 0.882. The zero-order valence-electron chi connectivity index (χ0n) is 15.8. The van der Waals surface area contributed by atoms with E-state index in [1.807, 2.05) is 38.2 Å². The number of unbranched alkanes of at least 4 members (excludes halogenated alkanes) is 4. The molecule has 24 heavy (non-hydrogen) atoms. The lowest BCUT2D eigenvalue weighted by atomic mass is 10.1. The van der Waals surface area contributed by atoms with Gasteiger partial charge in [0.25, 0.3) is 0 Å². The molecule has 0 spiro atoms. The van der Waals surface area contributed by atoms with Crippen LogP contribution in [0.15, 0.2) is 12.4 Å². The zero-order chi connectivity index (χ0) is 17.8. The van der Waals surface area contributed by atoms with Crippen molar-refractivity contribution in [1.29, 1.82) is 0 Å². The molecule has 0 amide bonds. The van der Waals surface area contributed by atoms with Crippen LogP contribution in [-0.2, 0) is 18.1 Å². The van der Waals surface area contributed by atoms with Gasteiger partial charge < -0.3 is 9.80 Å². The molecule has 142 valence electrons. The molecule has 1 rings (SSSR count). The molecule has 0 fully saturated rings. The van der Waals surface area contributed by atoms with Crippen molar-refractivity contribution in [3.63, 3.8) is 0 Å². The molecule has 7 heteroatoms. The van der Waals surface area contributed by atoms with Gasteiger partial charge in [-0.3, -0.25) is 9.05 Å². The van der Waals surface area contributed by atoms with Crippen LogP contribution in [0.1, 0.15) is 65.7 Å². The highest BCUT2D eigenvalue weighted by Crippen LogP contribution is 2.51. The maximum absolute atomic E-state index is 12.8. The lowest BCUT2D eigenvalue weighted by molar-refractivity contribution is -0.0460. The molecule has 1 aliphatic rings. The molecule has 0 aromatic heterocycles. The number of hydrogen-bond acceptors (Lipinski definition) is 6. The molecule has 0 aromatic carbocycles. The van der Waals surface area contributed by atoms with Crippen molar-refractivity contribution < 1.29 is 18.1 Å². The third kappa shape index (κ3) is 7.56. The lowest BCUT2D eigenvalue weighted by Crippen LogP contribution is -2.39. The van der Waals surface area contributed by atoms with Gasteiger partial charge in [-0.15, -0.1) is 0 Å². The van der Waals surface area contributed by atoms with Crippen molar-refractivity contribution in [2.24, 2.45) is 0 Å². The average molecular weight is 362 g/mol. The van der Waals surface area contributed by atoms with Gasteiger partial charge in [0.05, 0.1) is 13.2 Å². The van der Waals surface area contributed by atoms with E-state index in [4.69, 9.17) is 13.6 Å². The Bertz CT molecular complexity index is 394. The molecule has 1 heterocycles. The SMILES string of the molecule is CCCCCCCN1C=CN(C)C1OP(=O)(OCCC)OCCC. The predicted octanol–water partition coefficient (Wildman–Crippen LogP) is 4.94. The molecule has 1 unspecified atom stereocenters. The maximum atomic E-state index is 12.8. The number of hydrogen-bond donors (Lipinski definition) is 0. The van der Waals surface area contributed by atoms with Crippen LogP contribution in [0.25, 0.3) is 0 Å². The van der Waals surface area contributed by atoms with E-state index >= 15 is 0 Å². The predicted molar refractivity (Wildman–Crippen MR) is 97.3 cm³/mol. The van der Waals surface area contributed by atoms with Gasteiger partial charge in [0.1, 0.15) is 0 Å². The van der Waals surface area contributed by atoms with E-state index in [-0.39, 0.29) is 0 Å². The van der Waals surface area contributed by atoms with Crippen molar-refractivity contribution in [2.75, 3.05) is 26.8 Å². The minimum absolute atomic E-state index is 0.363. The summed E-state index contributed by atoms with van der Waals surface area (Å²) in [5.74, 6) is 0. The van der Waals surface area contributed by atoms with Crippen molar-refractivity contribution in [2.45, 2.75) is 72.1 Å². The molecule has 0 N–H and O–H groups in total. The summed E-state index contributed by atoms with van der Waals surface area (Å²) in [4.78, 5) is 3.95. The van der Waals surface area contributed by atoms with Gasteiger partial charge in [-0.2, -0.15) is 0 Å². The topological polar surface area (TPSA) is 51.2 Å². The van der Waals surface area contributed by atoms with Gasteiger partial charge in [0, 0.05) is 26.0 Å². The van der Waals surface area contributed by atoms with E-state index in [2.05, 4.69) is 11.8 Å². The normalized spacial score (nSPS) is 17.9. The first-order valence-corrected chi connectivity index (χ1v) is 10.8. The molecule has 1 atom stereocenters. The summed E-state index contributed by atoms with van der Waals surface area (Å²) < 4.78 is 29.5. The Morgan fingerprint density at radius 1 is 0.917 bits per heavy atom. The lowest BCUT2D eigenvalue weighted by Gasteiger charge is -2.32. The largest absolute Gasteiger partial charge is 0.478 e. The average Bonchev–Trinajstić information content (AvgIpc) is 2.91. The summed E-state index contributed by atoms with van der Waals surface area (Å²) >= 11 is 0. The number of phosphoric ester groups is 1. The highest BCUT2D eigenvalue weighted by Gasteiger charge is 2.36. The number of nitrogens with zero attached hydrogens (tertiary/aromatic N) is 2. The molecule has 1 aliphatic heterocycles. The Morgan fingerprint density at radius 3 is 2.12 bits per heavy atom. The molecular formula is C17H35N2O4P. The van der Waals surface area contributed by atoms with Crippen molar-refractivity contribution in [1.82, 2.24) is 9.80 Å². The zero-order valence-corrected chi connectivity index (χ0v) is 16.7. The second-order valence-corrected chi connectivity index (χ2v) is 7.78. The molecule has 0 aliphatic carbocycles. The fourth-order valence-corrected chi connectivity index (χ4v) is 3.92. The first-order valence-electron chi connectivity index (χ1n) is 9.29. The quantitative estimate of drug-likeness (QED) is 0.322. The molecule has 0 saturated heterocycles. The van der Waals surface area contributed by atoms with Crippen LogP contribution in [0, 0.1) is 0 Å². The van der Waals surface area contributed by atoms with E-state index in [1.165, 1.54) is 25.7 Å². The summed E-state index contributed by atoms with van der Waals surface area (Å²) in [6.45, 7) is 7.75. The van der Waals surface area contributed by atoms with Crippen LogP contribution in [0.5, 0.6) is 0 Å². The standard InChI is InChI=1S/C17H35N2O4P/c1-5-8-9-10-11-12-19-14-13-18(4)17(19)23-24(20,21-15-6-2)22-16-7-3/h13-14,17H,5-12,15-16H2,1-4H3. The van der Waals surface area contributed by atoms with Crippen molar-refractivity contribution >= 4 is 7.82 Å². The summed E-state index contributed by atoms with van der Waals surface area (Å²) in [7, 11) is -1.64. The van der Waals surface area contributed by atoms with E-state index in [9.17, 15) is 4.57 Å². The van der Waals surface area contributed by atoms with Gasteiger partial charge in [-0.05, 0) is 19.3 Å². The molecule has 0 bridgehead atoms. The molecular weight excluding hydrogens is 327 g/mol. The minimum atomic E-state index is -3.55. The highest BCUT2D eigenvalue weighted by atomic mass is 31.2. The third-order valence-corrected chi connectivity index (χ3v) is 5.22. The second-order valence-electron chi connectivity index (χ2n) is 6.16. The smallest absolute Gasteiger partial charge is 0.337 e. The number of phosphoric acid groups is 1. The Labute approximate surface area is 147 Å². The summed E-state index contributed by atoms with van der Waals surface area (Å²) in [6.07, 6.45) is 11.1. The second kappa shape index (κ2) is 11.9. The Kier molecular flexibility index (Phi) is 10.7. The van der Waals surface area contributed by atoms with Gasteiger partial charge in [-0.25, -0.2) is 9.09 Å². The van der Waals surface area contributed by atoms with E-state index in [1.54, 1.807) is 0 Å². The Hall–Kier alpha value is -0.550. The summed E-state index contributed by atoms with van der Waals surface area (Å²) in [6, 6.07) is 0. The molecule has 0 saturated carbocycles. The highest BCUT2D eigenvalue weighted by molar-refractivity contribution is 7.48. The summed E-state index contributed by atoms with van der Waals surface area (Å²) in [5, 5.41) is 0. The number of rotatable bonds is 14. The van der Waals surface area contributed by atoms with Crippen molar-refractivity contribution in [3.05, 3.63) is 12.4 Å². The van der Waals surface area contributed by atoms with E-state index in [0.717, 1.165) is 25.8 Å². The minimum Gasteiger partial charge on any atom is -0.337 e. The van der Waals surface area contributed by atoms with Gasteiger partial charge in [0.2, 0.25) is 6.35 Å². The maximum Gasteiger partial charge on any atom is 0.478 e. The van der Waals surface area contributed by atoms with E-state index < -0.39 is 14.2 Å². The van der Waals surface area contributed by atoms with Crippen LogP contribution >= 0.6 is 7.82 Å². The van der Waals surface area contributed by atoms with Gasteiger partial charge >= 0.3 is 7.82 Å². The van der Waals surface area contributed by atoms with Crippen LogP contribution in [0.2, 0.25) is 0 Å². The fourth-order valence-electron chi connectivity index (χ4n) is 2.41. The summed E-state index contributed by atoms with van der Waals surface area (Å²) in [5.41, 5.74) is 0. The van der Waals surface area contributed by atoms with Crippen LogP contribution < -0.4 is 0 Å². The van der Waals surface area contributed by atoms with Crippen LogP contribution in [0.3, 0.4) is 0 Å². The molecule has 0 aromatic rings. The Morgan fingerprint density at radius 2 is 1.54 bits per heavy atom. The first kappa shape index (κ1) is 21.5. The van der Waals surface area contributed by atoms with Crippen molar-refractivity contribution in [3.8, 4) is 0 Å². The Balaban J connectivity index is 2.56. The molecule has 0 radical (unpaired) electrons. The van der Waals surface area contributed by atoms with E-state index in [0.29, 0.717) is 13.2 Å². The third-order valence-electron chi connectivity index (χ3n) is 3.78. The monoisotopic (exact) mass is 362 g/mol. The van der Waals surface area contributed by atoms with Gasteiger partial charge in [-0.1, -0.05) is 46.5 Å². The van der Waals surface area contributed by atoms with Crippen LogP contribution in [0.4, 0.5) is 0 Å². The van der Waals surface area contributed by atoms with Crippen LogP contribution in [-0.4, -0.2) is 43.0 Å². The first-order chi connectivity index (χ1) is 11.6.